The van der Waals surface area contributed by atoms with Gasteiger partial charge in [-0.2, -0.15) is 0 Å². The fraction of sp³-hybridized carbons (Fsp3) is 0.833. The van der Waals surface area contributed by atoms with Crippen LogP contribution in [0.3, 0.4) is 0 Å². The number of halogens is 2. The maximum absolute atomic E-state index is 13.5. The van der Waals surface area contributed by atoms with Crippen molar-refractivity contribution >= 4 is 12.0 Å². The summed E-state index contributed by atoms with van der Waals surface area (Å²) in [4.78, 5) is 23.4. The standard InChI is InChI=1S/C12H18F2N2O3/c1-11-4-6-16(7-8(11)12(11,13)14)10(19)15-5-2-3-9(17)18/h8H,2-7H2,1H3,(H,15,19)(H,17,18). The topological polar surface area (TPSA) is 69.6 Å². The monoisotopic (exact) mass is 276 g/mol. The Hall–Kier alpha value is -1.40. The molecule has 2 aliphatic rings. The smallest absolute Gasteiger partial charge is 0.317 e. The Labute approximate surface area is 109 Å². The van der Waals surface area contributed by atoms with Crippen LogP contribution in [0.2, 0.25) is 0 Å². The number of aliphatic carboxylic acids is 1. The van der Waals surface area contributed by atoms with Gasteiger partial charge in [0.15, 0.2) is 0 Å². The molecule has 2 atom stereocenters. The molecule has 1 heterocycles. The fourth-order valence-corrected chi connectivity index (χ4v) is 2.74. The number of rotatable bonds is 4. The predicted octanol–water partition coefficient (Wildman–Crippen LogP) is 1.54. The number of carboxylic acid groups (broad SMARTS) is 1. The Balaban J connectivity index is 1.75. The third-order valence-electron chi connectivity index (χ3n) is 4.32. The lowest BCUT2D eigenvalue weighted by atomic mass is 9.98. The van der Waals surface area contributed by atoms with E-state index in [1.165, 1.54) is 4.90 Å². The highest BCUT2D eigenvalue weighted by molar-refractivity contribution is 5.74. The van der Waals surface area contributed by atoms with Gasteiger partial charge in [0.1, 0.15) is 0 Å². The van der Waals surface area contributed by atoms with Gasteiger partial charge in [-0.1, -0.05) is 6.92 Å². The number of alkyl halides is 2. The van der Waals surface area contributed by atoms with Crippen LogP contribution in [0.1, 0.15) is 26.2 Å². The minimum Gasteiger partial charge on any atom is -0.481 e. The predicted molar refractivity (Wildman–Crippen MR) is 63.0 cm³/mol. The number of urea groups is 1. The molecule has 108 valence electrons. The molecule has 2 N–H and O–H groups in total. The first-order valence-corrected chi connectivity index (χ1v) is 6.41. The second kappa shape index (κ2) is 4.61. The molecule has 0 aromatic rings. The van der Waals surface area contributed by atoms with Gasteiger partial charge in [0.25, 0.3) is 5.92 Å². The number of carbonyl (C=O) groups excluding carboxylic acids is 1. The number of piperidine rings is 1. The number of amides is 2. The zero-order chi connectivity index (χ0) is 14.3. The molecule has 2 rings (SSSR count). The fourth-order valence-electron chi connectivity index (χ4n) is 2.74. The Morgan fingerprint density at radius 3 is 2.74 bits per heavy atom. The highest BCUT2D eigenvalue weighted by atomic mass is 19.3. The maximum atomic E-state index is 13.5. The molecule has 2 unspecified atom stereocenters. The van der Waals surface area contributed by atoms with Gasteiger partial charge in [-0.25, -0.2) is 13.6 Å². The lowest BCUT2D eigenvalue weighted by Gasteiger charge is -2.28. The van der Waals surface area contributed by atoms with Crippen LogP contribution in [0.4, 0.5) is 13.6 Å². The van der Waals surface area contributed by atoms with Crippen molar-refractivity contribution in [2.75, 3.05) is 19.6 Å². The van der Waals surface area contributed by atoms with E-state index in [0.29, 0.717) is 19.4 Å². The molecular weight excluding hydrogens is 258 g/mol. The number of likely N-dealkylation sites (tertiary alicyclic amines) is 1. The van der Waals surface area contributed by atoms with Crippen LogP contribution in [0, 0.1) is 11.3 Å². The SMILES string of the molecule is CC12CCN(C(=O)NCCCC(=O)O)CC1C2(F)F. The van der Waals surface area contributed by atoms with Crippen molar-refractivity contribution in [3.05, 3.63) is 0 Å². The number of carboxylic acids is 1. The minimum absolute atomic E-state index is 0.0148. The van der Waals surface area contributed by atoms with Gasteiger partial charge in [0, 0.05) is 31.5 Å². The maximum Gasteiger partial charge on any atom is 0.317 e. The Bertz CT molecular complexity index is 402. The number of nitrogens with zero attached hydrogens (tertiary/aromatic N) is 1. The summed E-state index contributed by atoms with van der Waals surface area (Å²) in [6, 6.07) is -0.380. The van der Waals surface area contributed by atoms with Crippen molar-refractivity contribution in [1.82, 2.24) is 10.2 Å². The molecule has 0 bridgehead atoms. The molecule has 1 saturated heterocycles. The second-order valence-electron chi connectivity index (χ2n) is 5.52. The zero-order valence-corrected chi connectivity index (χ0v) is 10.8. The summed E-state index contributed by atoms with van der Waals surface area (Å²) in [5, 5.41) is 11.0. The molecule has 0 spiro atoms. The van der Waals surface area contributed by atoms with E-state index in [-0.39, 0.29) is 25.5 Å². The van der Waals surface area contributed by atoms with Gasteiger partial charge in [-0.05, 0) is 12.8 Å². The van der Waals surface area contributed by atoms with Crippen LogP contribution in [0.5, 0.6) is 0 Å². The highest BCUT2D eigenvalue weighted by Crippen LogP contribution is 2.69. The third-order valence-corrected chi connectivity index (χ3v) is 4.32. The molecule has 19 heavy (non-hydrogen) atoms. The summed E-state index contributed by atoms with van der Waals surface area (Å²) < 4.78 is 27.0. The van der Waals surface area contributed by atoms with Gasteiger partial charge in [0.05, 0.1) is 5.92 Å². The normalized spacial score (nSPS) is 31.5. The summed E-state index contributed by atoms with van der Waals surface area (Å²) >= 11 is 0. The minimum atomic E-state index is -2.66. The molecule has 2 amide bonds. The molecule has 1 aliphatic carbocycles. The van der Waals surface area contributed by atoms with E-state index in [1.807, 2.05) is 0 Å². The summed E-state index contributed by atoms with van der Waals surface area (Å²) in [7, 11) is 0. The highest BCUT2D eigenvalue weighted by Gasteiger charge is 2.78. The summed E-state index contributed by atoms with van der Waals surface area (Å²) in [5.41, 5.74) is -0.937. The van der Waals surface area contributed by atoms with E-state index in [4.69, 9.17) is 5.11 Å². The van der Waals surface area contributed by atoms with Gasteiger partial charge < -0.3 is 15.3 Å². The van der Waals surface area contributed by atoms with Crippen molar-refractivity contribution in [2.24, 2.45) is 11.3 Å². The van der Waals surface area contributed by atoms with Crippen molar-refractivity contribution in [3.8, 4) is 0 Å². The van der Waals surface area contributed by atoms with Crippen LogP contribution < -0.4 is 5.32 Å². The molecule has 1 aliphatic heterocycles. The van der Waals surface area contributed by atoms with E-state index >= 15 is 0 Å². The van der Waals surface area contributed by atoms with Crippen LogP contribution >= 0.6 is 0 Å². The Morgan fingerprint density at radius 1 is 1.47 bits per heavy atom. The van der Waals surface area contributed by atoms with Crippen LogP contribution in [0.25, 0.3) is 0 Å². The Kier molecular flexibility index (Phi) is 3.40. The van der Waals surface area contributed by atoms with Gasteiger partial charge in [-0.15, -0.1) is 0 Å². The van der Waals surface area contributed by atoms with Crippen molar-refractivity contribution in [1.29, 1.82) is 0 Å². The van der Waals surface area contributed by atoms with E-state index in [0.717, 1.165) is 0 Å². The molecule has 1 saturated carbocycles. The first-order valence-electron chi connectivity index (χ1n) is 6.41. The molecule has 0 radical (unpaired) electrons. The Morgan fingerprint density at radius 2 is 2.16 bits per heavy atom. The van der Waals surface area contributed by atoms with E-state index in [9.17, 15) is 18.4 Å². The quantitative estimate of drug-likeness (QED) is 0.765. The largest absolute Gasteiger partial charge is 0.481 e. The van der Waals surface area contributed by atoms with Crippen LogP contribution in [0.15, 0.2) is 0 Å². The van der Waals surface area contributed by atoms with E-state index < -0.39 is 23.2 Å². The molecule has 0 aromatic carbocycles. The molecule has 2 fully saturated rings. The van der Waals surface area contributed by atoms with Gasteiger partial charge >= 0.3 is 12.0 Å². The first kappa shape index (κ1) is 14.0. The molecular formula is C12H18F2N2O3. The summed E-state index contributed by atoms with van der Waals surface area (Å²) in [5.74, 6) is -4.31. The van der Waals surface area contributed by atoms with Gasteiger partial charge in [0.2, 0.25) is 0 Å². The van der Waals surface area contributed by atoms with Crippen LogP contribution in [-0.2, 0) is 4.79 Å². The zero-order valence-electron chi connectivity index (χ0n) is 10.8. The first-order chi connectivity index (χ1) is 8.79. The summed E-state index contributed by atoms with van der Waals surface area (Å²) in [6.45, 7) is 2.22. The number of hydrogen-bond acceptors (Lipinski definition) is 2. The van der Waals surface area contributed by atoms with Gasteiger partial charge in [-0.3, -0.25) is 4.79 Å². The average Bonchev–Trinajstić information content (AvgIpc) is 2.78. The lowest BCUT2D eigenvalue weighted by molar-refractivity contribution is -0.137. The number of fused-ring (bicyclic) bond motifs is 1. The third kappa shape index (κ3) is 2.37. The number of nitrogens with one attached hydrogen (secondary N) is 1. The van der Waals surface area contributed by atoms with Crippen molar-refractivity contribution in [2.45, 2.75) is 32.1 Å². The van der Waals surface area contributed by atoms with Crippen molar-refractivity contribution in [3.63, 3.8) is 0 Å². The van der Waals surface area contributed by atoms with E-state index in [2.05, 4.69) is 5.32 Å². The van der Waals surface area contributed by atoms with Crippen molar-refractivity contribution < 1.29 is 23.5 Å². The average molecular weight is 276 g/mol. The molecule has 0 aromatic heterocycles. The number of carbonyl (C=O) groups is 2. The van der Waals surface area contributed by atoms with E-state index in [1.54, 1.807) is 6.92 Å². The second-order valence-corrected chi connectivity index (χ2v) is 5.52. The molecule has 7 heteroatoms. The number of hydrogen-bond donors (Lipinski definition) is 2. The lowest BCUT2D eigenvalue weighted by Crippen LogP contribution is -2.45. The summed E-state index contributed by atoms with van der Waals surface area (Å²) in [6.07, 6.45) is 0.637. The molecule has 5 nitrogen and oxygen atoms in total. The van der Waals surface area contributed by atoms with Crippen LogP contribution in [-0.4, -0.2) is 47.6 Å².